The molecule has 0 aliphatic heterocycles. The van der Waals surface area contributed by atoms with Crippen LogP contribution in [0.2, 0.25) is 0 Å². The number of carboxylic acids is 1. The summed E-state index contributed by atoms with van der Waals surface area (Å²) in [5.41, 5.74) is -1.21. The Bertz CT molecular complexity index is 909. The van der Waals surface area contributed by atoms with Gasteiger partial charge in [0.15, 0.2) is 5.69 Å². The van der Waals surface area contributed by atoms with Gasteiger partial charge in [-0.25, -0.2) is 14.2 Å². The lowest BCUT2D eigenvalue weighted by molar-refractivity contribution is -0.396. The third-order valence-corrected chi connectivity index (χ3v) is 4.02. The van der Waals surface area contributed by atoms with Crippen molar-refractivity contribution in [3.63, 3.8) is 0 Å². The molecule has 0 aliphatic rings. The minimum Gasteiger partial charge on any atom is -0.481 e. The third-order valence-electron chi connectivity index (χ3n) is 4.02. The molecule has 190 valence electrons. The quantitative estimate of drug-likeness (QED) is 0.272. The maximum absolute atomic E-state index is 12.6. The van der Waals surface area contributed by atoms with Crippen molar-refractivity contribution in [2.24, 2.45) is 0 Å². The minimum atomic E-state index is -1.01. The highest BCUT2D eigenvalue weighted by Gasteiger charge is 2.29. The second-order valence-corrected chi connectivity index (χ2v) is 9.63. The molecule has 0 spiro atoms. The lowest BCUT2D eigenvalue weighted by atomic mass is 10.1. The Morgan fingerprint density at radius 3 is 2.35 bits per heavy atom. The van der Waals surface area contributed by atoms with Crippen LogP contribution in [0, 0.1) is 10.1 Å². The summed E-state index contributed by atoms with van der Waals surface area (Å²) in [5.74, 6) is -1.96. The number of amides is 1. The van der Waals surface area contributed by atoms with Gasteiger partial charge in [0.05, 0.1) is 6.54 Å². The van der Waals surface area contributed by atoms with Gasteiger partial charge >= 0.3 is 24.0 Å². The number of hydrogen-bond acceptors (Lipinski definition) is 8. The molecule has 0 saturated heterocycles. The number of carboxylic acid groups (broad SMARTS) is 1. The average Bonchev–Trinajstić information content (AvgIpc) is 3.04. The predicted octanol–water partition coefficient (Wildman–Crippen LogP) is 3.68. The molecule has 1 amide bonds. The first-order valence-corrected chi connectivity index (χ1v) is 10.9. The first-order valence-electron chi connectivity index (χ1n) is 10.9. The zero-order chi connectivity index (χ0) is 26.1. The molecule has 1 aromatic rings. The summed E-state index contributed by atoms with van der Waals surface area (Å²) in [4.78, 5) is 50.1. The molecular weight excluding hydrogens is 448 g/mol. The van der Waals surface area contributed by atoms with E-state index in [1.165, 1.54) is 16.8 Å². The minimum absolute atomic E-state index is 0.0595. The van der Waals surface area contributed by atoms with Crippen molar-refractivity contribution in [1.29, 1.82) is 0 Å². The van der Waals surface area contributed by atoms with Gasteiger partial charge in [0.1, 0.15) is 23.4 Å². The molecule has 1 heterocycles. The van der Waals surface area contributed by atoms with Gasteiger partial charge in [0.2, 0.25) is 0 Å². The number of nitro groups is 1. The van der Waals surface area contributed by atoms with Crippen molar-refractivity contribution in [2.45, 2.75) is 91.0 Å². The number of rotatable bonds is 11. The van der Waals surface area contributed by atoms with Crippen LogP contribution in [0.5, 0.6) is 0 Å². The molecule has 0 bridgehead atoms. The number of nitrogens with zero attached hydrogens (tertiary/aromatic N) is 3. The molecule has 0 aromatic carbocycles. The number of aliphatic carboxylic acids is 1. The van der Waals surface area contributed by atoms with Crippen molar-refractivity contribution >= 4 is 30.1 Å². The standard InChI is InChI=1S/C22H34N4O8/c1-21(2,3)33-18(29)16(24-20(30)34-22(4,5)6)11-9-13-25-14-15(23-19(25)26(31)32)10-7-8-12-17(27)28/h7,10,14,16H,8-9,11-13H2,1-6H3,(H,24,30)(H,27,28)/b10-7+/t16-/m0/s1. The van der Waals surface area contributed by atoms with Crippen LogP contribution in [-0.4, -0.2) is 54.9 Å². The van der Waals surface area contributed by atoms with E-state index in [4.69, 9.17) is 14.6 Å². The van der Waals surface area contributed by atoms with Gasteiger partial charge in [-0.2, -0.15) is 0 Å². The highest BCUT2D eigenvalue weighted by atomic mass is 16.6. The predicted molar refractivity (Wildman–Crippen MR) is 123 cm³/mol. The number of hydrogen-bond donors (Lipinski definition) is 2. The molecule has 12 heteroatoms. The van der Waals surface area contributed by atoms with Gasteiger partial charge in [-0.1, -0.05) is 11.1 Å². The Morgan fingerprint density at radius 2 is 1.82 bits per heavy atom. The van der Waals surface area contributed by atoms with E-state index in [2.05, 4.69) is 10.3 Å². The van der Waals surface area contributed by atoms with Crippen LogP contribution in [0.1, 0.15) is 72.9 Å². The topological polar surface area (TPSA) is 163 Å². The summed E-state index contributed by atoms with van der Waals surface area (Å²) >= 11 is 0. The number of alkyl carbamates (subject to hydrolysis) is 1. The SMILES string of the molecule is CC(C)(C)OC(=O)N[C@@H](CCCn1cc(/C=C/CCC(=O)O)nc1[N+](=O)[O-])C(=O)OC(C)(C)C. The van der Waals surface area contributed by atoms with Crippen LogP contribution < -0.4 is 5.32 Å². The number of allylic oxidation sites excluding steroid dienone is 1. The van der Waals surface area contributed by atoms with Crippen molar-refractivity contribution in [3.05, 3.63) is 28.1 Å². The van der Waals surface area contributed by atoms with Gasteiger partial charge in [-0.3, -0.25) is 4.79 Å². The molecule has 0 saturated carbocycles. The van der Waals surface area contributed by atoms with Crippen LogP contribution in [0.4, 0.5) is 10.7 Å². The smallest absolute Gasteiger partial charge is 0.435 e. The Balaban J connectivity index is 2.89. The lowest BCUT2D eigenvalue weighted by Crippen LogP contribution is -2.46. The van der Waals surface area contributed by atoms with E-state index >= 15 is 0 Å². The average molecular weight is 483 g/mol. The van der Waals surface area contributed by atoms with Crippen LogP contribution in [-0.2, 0) is 25.6 Å². The third kappa shape index (κ3) is 11.4. The van der Waals surface area contributed by atoms with E-state index in [1.54, 1.807) is 47.6 Å². The van der Waals surface area contributed by atoms with Crippen molar-refractivity contribution in [3.8, 4) is 0 Å². The highest BCUT2D eigenvalue weighted by molar-refractivity contribution is 5.81. The Kier molecular flexibility index (Phi) is 10.2. The van der Waals surface area contributed by atoms with Gasteiger partial charge in [0, 0.05) is 6.42 Å². The van der Waals surface area contributed by atoms with Crippen molar-refractivity contribution < 1.29 is 33.9 Å². The Morgan fingerprint density at radius 1 is 1.21 bits per heavy atom. The number of imidazole rings is 1. The molecule has 0 aliphatic carbocycles. The zero-order valence-electron chi connectivity index (χ0n) is 20.5. The Hall–Kier alpha value is -3.44. The molecular formula is C22H34N4O8. The number of aryl methyl sites for hydroxylation is 1. The van der Waals surface area contributed by atoms with Crippen LogP contribution in [0.25, 0.3) is 6.08 Å². The van der Waals surface area contributed by atoms with Gasteiger partial charge < -0.3 is 30.0 Å². The van der Waals surface area contributed by atoms with E-state index in [0.29, 0.717) is 12.1 Å². The first-order chi connectivity index (χ1) is 15.6. The molecule has 1 aromatic heterocycles. The number of esters is 1. The fourth-order valence-electron chi connectivity index (χ4n) is 2.76. The molecule has 2 N–H and O–H groups in total. The molecule has 0 radical (unpaired) electrons. The van der Waals surface area contributed by atoms with Gasteiger partial charge in [-0.15, -0.1) is 0 Å². The van der Waals surface area contributed by atoms with Gasteiger partial charge in [0.25, 0.3) is 0 Å². The van der Waals surface area contributed by atoms with E-state index < -0.39 is 40.2 Å². The van der Waals surface area contributed by atoms with E-state index in [9.17, 15) is 24.5 Å². The van der Waals surface area contributed by atoms with Crippen molar-refractivity contribution in [1.82, 2.24) is 14.9 Å². The molecule has 1 atom stereocenters. The number of carbonyl (C=O) groups excluding carboxylic acids is 2. The monoisotopic (exact) mass is 482 g/mol. The van der Waals surface area contributed by atoms with Crippen molar-refractivity contribution in [2.75, 3.05) is 0 Å². The van der Waals surface area contributed by atoms with E-state index in [-0.39, 0.29) is 31.8 Å². The van der Waals surface area contributed by atoms with E-state index in [1.807, 2.05) is 0 Å². The molecule has 34 heavy (non-hydrogen) atoms. The molecule has 12 nitrogen and oxygen atoms in total. The molecule has 1 rings (SSSR count). The van der Waals surface area contributed by atoms with Crippen LogP contribution >= 0.6 is 0 Å². The van der Waals surface area contributed by atoms with Gasteiger partial charge in [-0.05, 0) is 71.8 Å². The molecule has 0 fully saturated rings. The fraction of sp³-hybridized carbons (Fsp3) is 0.636. The largest absolute Gasteiger partial charge is 0.481 e. The maximum atomic E-state index is 12.6. The normalized spacial score (nSPS) is 12.9. The number of nitrogens with one attached hydrogen (secondary N) is 1. The van der Waals surface area contributed by atoms with Crippen LogP contribution in [0.15, 0.2) is 12.3 Å². The number of ether oxygens (including phenoxy) is 2. The number of aromatic nitrogens is 2. The second-order valence-electron chi connectivity index (χ2n) is 9.63. The van der Waals surface area contributed by atoms with Crippen LogP contribution in [0.3, 0.4) is 0 Å². The number of carbonyl (C=O) groups is 3. The Labute approximate surface area is 198 Å². The summed E-state index contributed by atoms with van der Waals surface area (Å²) in [5, 5.41) is 22.6. The second kappa shape index (κ2) is 12.1. The lowest BCUT2D eigenvalue weighted by Gasteiger charge is -2.26. The summed E-state index contributed by atoms with van der Waals surface area (Å²) in [6, 6.07) is -1.01. The zero-order valence-corrected chi connectivity index (χ0v) is 20.5. The fourth-order valence-corrected chi connectivity index (χ4v) is 2.76. The first kappa shape index (κ1) is 28.6. The van der Waals surface area contributed by atoms with E-state index in [0.717, 1.165) is 0 Å². The molecule has 0 unspecified atom stereocenters. The maximum Gasteiger partial charge on any atom is 0.435 e. The summed E-state index contributed by atoms with van der Waals surface area (Å²) in [6.45, 7) is 10.4. The summed E-state index contributed by atoms with van der Waals surface area (Å²) in [7, 11) is 0. The summed E-state index contributed by atoms with van der Waals surface area (Å²) in [6.07, 6.45) is 4.44. The summed E-state index contributed by atoms with van der Waals surface area (Å²) < 4.78 is 11.9. The highest BCUT2D eigenvalue weighted by Crippen LogP contribution is 2.17.